The van der Waals surface area contributed by atoms with E-state index in [9.17, 15) is 5.11 Å². The molecule has 154 valence electrons. The van der Waals surface area contributed by atoms with Crippen LogP contribution >= 0.6 is 0 Å². The van der Waals surface area contributed by atoms with Gasteiger partial charge >= 0.3 is 0 Å². The molecule has 0 spiro atoms. The van der Waals surface area contributed by atoms with Crippen LogP contribution in [0.25, 0.3) is 0 Å². The molecule has 0 aliphatic heterocycles. The molecule has 27 heavy (non-hydrogen) atoms. The van der Waals surface area contributed by atoms with Crippen LogP contribution in [0.2, 0.25) is 18.1 Å². The minimum absolute atomic E-state index is 0.0589. The molecular weight excluding hydrogens is 352 g/mol. The van der Waals surface area contributed by atoms with Crippen LogP contribution in [0.4, 0.5) is 0 Å². The van der Waals surface area contributed by atoms with Crippen LogP contribution in [0.1, 0.15) is 52.5 Å². The number of rotatable bonds is 12. The van der Waals surface area contributed by atoms with E-state index >= 15 is 0 Å². The third-order valence-corrected chi connectivity index (χ3v) is 10.2. The van der Waals surface area contributed by atoms with Crippen molar-refractivity contribution < 1.29 is 14.3 Å². The number of ether oxygens (including phenoxy) is 1. The smallest absolute Gasteiger partial charge is 0.192 e. The Balaban J connectivity index is 2.55. The number of hydrogen-bond acceptors (Lipinski definition) is 3. The largest absolute Gasteiger partial charge is 0.414 e. The lowest BCUT2D eigenvalue weighted by molar-refractivity contribution is 0.0520. The van der Waals surface area contributed by atoms with Crippen LogP contribution in [0, 0.1) is 5.92 Å². The minimum Gasteiger partial charge on any atom is -0.414 e. The van der Waals surface area contributed by atoms with Gasteiger partial charge < -0.3 is 14.3 Å². The van der Waals surface area contributed by atoms with Crippen molar-refractivity contribution in [2.75, 3.05) is 6.61 Å². The first-order chi connectivity index (χ1) is 12.6. The molecule has 0 heterocycles. The molecule has 0 unspecified atom stereocenters. The van der Waals surface area contributed by atoms with Crippen molar-refractivity contribution in [1.29, 1.82) is 0 Å². The maximum absolute atomic E-state index is 10.5. The second-order valence-electron chi connectivity index (χ2n) is 9.08. The van der Waals surface area contributed by atoms with Gasteiger partial charge in [0.15, 0.2) is 8.32 Å². The Hall–Kier alpha value is -0.943. The van der Waals surface area contributed by atoms with E-state index in [2.05, 4.69) is 52.6 Å². The average molecular weight is 393 g/mol. The average Bonchev–Trinajstić information content (AvgIpc) is 2.60. The Kier molecular flexibility index (Phi) is 9.95. The first-order valence-electron chi connectivity index (χ1n) is 10.2. The summed E-state index contributed by atoms with van der Waals surface area (Å²) < 4.78 is 12.4. The van der Waals surface area contributed by atoms with Crippen molar-refractivity contribution in [2.45, 2.75) is 83.9 Å². The second kappa shape index (κ2) is 11.2. The monoisotopic (exact) mass is 392 g/mol. The third-order valence-electron chi connectivity index (χ3n) is 5.68. The predicted molar refractivity (Wildman–Crippen MR) is 117 cm³/mol. The lowest BCUT2D eigenvalue weighted by atomic mass is 9.97. The van der Waals surface area contributed by atoms with Crippen molar-refractivity contribution in [3.05, 3.63) is 48.6 Å². The highest BCUT2D eigenvalue weighted by atomic mass is 28.4. The molecule has 1 rings (SSSR count). The molecule has 0 fully saturated rings. The highest BCUT2D eigenvalue weighted by molar-refractivity contribution is 6.74. The zero-order chi connectivity index (χ0) is 20.5. The molecule has 1 aromatic rings. The van der Waals surface area contributed by atoms with E-state index < -0.39 is 14.4 Å². The van der Waals surface area contributed by atoms with Crippen LogP contribution in [-0.4, -0.2) is 32.2 Å². The SMILES string of the molecule is C=C[C@@H](C)[C@@H](O)C[C@@H](CCCOCc1ccccc1)O[Si](C)(C)C(C)(C)C. The molecule has 3 atom stereocenters. The third kappa shape index (κ3) is 8.73. The van der Waals surface area contributed by atoms with Gasteiger partial charge in [-0.1, -0.05) is 64.1 Å². The van der Waals surface area contributed by atoms with Gasteiger partial charge in [0.25, 0.3) is 0 Å². The van der Waals surface area contributed by atoms with Gasteiger partial charge in [-0.05, 0) is 48.9 Å². The number of benzene rings is 1. The van der Waals surface area contributed by atoms with E-state index in [1.165, 1.54) is 5.56 Å². The summed E-state index contributed by atoms with van der Waals surface area (Å²) in [4.78, 5) is 0. The number of aliphatic hydroxyl groups excluding tert-OH is 1. The number of hydrogen-bond donors (Lipinski definition) is 1. The van der Waals surface area contributed by atoms with E-state index in [1.54, 1.807) is 0 Å². The molecule has 0 aromatic heterocycles. The van der Waals surface area contributed by atoms with Crippen LogP contribution in [0.5, 0.6) is 0 Å². The molecule has 3 nitrogen and oxygen atoms in total. The Labute approximate surface area is 167 Å². The van der Waals surface area contributed by atoms with E-state index in [0.717, 1.165) is 12.8 Å². The highest BCUT2D eigenvalue weighted by Gasteiger charge is 2.39. The summed E-state index contributed by atoms with van der Waals surface area (Å²) in [5.41, 5.74) is 1.20. The van der Waals surface area contributed by atoms with Crippen molar-refractivity contribution in [2.24, 2.45) is 5.92 Å². The normalized spacial score (nSPS) is 16.0. The van der Waals surface area contributed by atoms with Gasteiger partial charge in [0.1, 0.15) is 0 Å². The molecule has 0 bridgehead atoms. The summed E-state index contributed by atoms with van der Waals surface area (Å²) in [6, 6.07) is 10.2. The van der Waals surface area contributed by atoms with Crippen LogP contribution < -0.4 is 0 Å². The van der Waals surface area contributed by atoms with Gasteiger partial charge in [-0.25, -0.2) is 0 Å². The van der Waals surface area contributed by atoms with Gasteiger partial charge in [-0.2, -0.15) is 0 Å². The zero-order valence-electron chi connectivity index (χ0n) is 18.2. The molecule has 0 saturated carbocycles. The lowest BCUT2D eigenvalue weighted by Gasteiger charge is -2.40. The van der Waals surface area contributed by atoms with Crippen molar-refractivity contribution >= 4 is 8.32 Å². The number of aliphatic hydroxyl groups is 1. The summed E-state index contributed by atoms with van der Waals surface area (Å²) in [6.07, 6.45) is 3.95. The topological polar surface area (TPSA) is 38.7 Å². The predicted octanol–water partition coefficient (Wildman–Crippen LogP) is 5.95. The highest BCUT2D eigenvalue weighted by Crippen LogP contribution is 2.38. The minimum atomic E-state index is -1.88. The Morgan fingerprint density at radius 1 is 1.19 bits per heavy atom. The first-order valence-corrected chi connectivity index (χ1v) is 13.1. The van der Waals surface area contributed by atoms with Crippen molar-refractivity contribution in [3.8, 4) is 0 Å². The molecular formula is C23H40O3Si. The van der Waals surface area contributed by atoms with Crippen LogP contribution in [-0.2, 0) is 15.8 Å². The Bertz CT molecular complexity index is 536. The fourth-order valence-electron chi connectivity index (χ4n) is 2.64. The van der Waals surface area contributed by atoms with E-state index in [4.69, 9.17) is 9.16 Å². The van der Waals surface area contributed by atoms with Gasteiger partial charge in [0, 0.05) is 12.7 Å². The summed E-state index contributed by atoms with van der Waals surface area (Å²) in [5.74, 6) is 0.0739. The molecule has 0 amide bonds. The molecule has 1 aromatic carbocycles. The van der Waals surface area contributed by atoms with Crippen molar-refractivity contribution in [1.82, 2.24) is 0 Å². The molecule has 0 aliphatic carbocycles. The fraction of sp³-hybridized carbons (Fsp3) is 0.652. The van der Waals surface area contributed by atoms with Crippen molar-refractivity contribution in [3.63, 3.8) is 0 Å². The maximum atomic E-state index is 10.5. The first kappa shape index (κ1) is 24.1. The van der Waals surface area contributed by atoms with E-state index in [-0.39, 0.29) is 17.1 Å². The van der Waals surface area contributed by atoms with Gasteiger partial charge in [-0.3, -0.25) is 0 Å². The van der Waals surface area contributed by atoms with E-state index in [0.29, 0.717) is 19.6 Å². The lowest BCUT2D eigenvalue weighted by Crippen LogP contribution is -2.45. The molecule has 4 heteroatoms. The summed E-state index contributed by atoms with van der Waals surface area (Å²) in [6.45, 7) is 18.5. The summed E-state index contributed by atoms with van der Waals surface area (Å²) in [5, 5.41) is 10.6. The quantitative estimate of drug-likeness (QED) is 0.271. The van der Waals surface area contributed by atoms with E-state index in [1.807, 2.05) is 31.2 Å². The van der Waals surface area contributed by atoms with Gasteiger partial charge in [-0.15, -0.1) is 6.58 Å². The van der Waals surface area contributed by atoms with Crippen LogP contribution in [0.3, 0.4) is 0 Å². The molecule has 0 radical (unpaired) electrons. The molecule has 1 N–H and O–H groups in total. The van der Waals surface area contributed by atoms with Gasteiger partial charge in [0.05, 0.1) is 12.7 Å². The summed E-state index contributed by atoms with van der Waals surface area (Å²) in [7, 11) is -1.88. The molecule has 0 aliphatic rings. The van der Waals surface area contributed by atoms with Crippen LogP contribution in [0.15, 0.2) is 43.0 Å². The summed E-state index contributed by atoms with van der Waals surface area (Å²) >= 11 is 0. The second-order valence-corrected chi connectivity index (χ2v) is 13.8. The van der Waals surface area contributed by atoms with Gasteiger partial charge in [0.2, 0.25) is 0 Å². The standard InChI is InChI=1S/C23H40O3Si/c1-8-19(2)22(24)17-21(26-27(6,7)23(3,4)5)15-12-16-25-18-20-13-10-9-11-14-20/h8-11,13-14,19,21-22,24H,1,12,15-18H2,2-7H3/t19-,21-,22+/m1/s1. The fourth-order valence-corrected chi connectivity index (χ4v) is 4.04. The maximum Gasteiger partial charge on any atom is 0.192 e. The Morgan fingerprint density at radius 2 is 1.81 bits per heavy atom. The Morgan fingerprint density at radius 3 is 2.37 bits per heavy atom. The zero-order valence-corrected chi connectivity index (χ0v) is 19.2. The molecule has 0 saturated heterocycles.